The van der Waals surface area contributed by atoms with Crippen molar-refractivity contribution in [2.75, 3.05) is 5.32 Å². The van der Waals surface area contributed by atoms with E-state index in [1.165, 1.54) is 18.2 Å². The van der Waals surface area contributed by atoms with Crippen molar-refractivity contribution in [3.63, 3.8) is 0 Å². The minimum absolute atomic E-state index is 0.0318. The standard InChI is InChI=1S/C15H11F2NO3/c1-8-6-10(15(20)21)3-5-13(8)18-14(19)9-2-4-11(16)12(17)7-9/h2-7H,1H3,(H,18,19)(H,20,21). The zero-order valence-corrected chi connectivity index (χ0v) is 11.0. The molecule has 0 aliphatic heterocycles. The van der Waals surface area contributed by atoms with Crippen molar-refractivity contribution in [1.29, 1.82) is 0 Å². The summed E-state index contributed by atoms with van der Waals surface area (Å²) in [4.78, 5) is 22.7. The van der Waals surface area contributed by atoms with E-state index in [9.17, 15) is 18.4 Å². The van der Waals surface area contributed by atoms with Gasteiger partial charge in [-0.25, -0.2) is 13.6 Å². The van der Waals surface area contributed by atoms with Crippen LogP contribution in [0.3, 0.4) is 0 Å². The van der Waals surface area contributed by atoms with Crippen LogP contribution in [0.2, 0.25) is 0 Å². The van der Waals surface area contributed by atoms with E-state index >= 15 is 0 Å². The van der Waals surface area contributed by atoms with Gasteiger partial charge in [0, 0.05) is 11.3 Å². The largest absolute Gasteiger partial charge is 0.478 e. The van der Waals surface area contributed by atoms with E-state index in [4.69, 9.17) is 5.11 Å². The van der Waals surface area contributed by atoms with Gasteiger partial charge in [-0.1, -0.05) is 0 Å². The average Bonchev–Trinajstić information content (AvgIpc) is 2.43. The lowest BCUT2D eigenvalue weighted by Crippen LogP contribution is -2.13. The number of carbonyl (C=O) groups excluding carboxylic acids is 1. The van der Waals surface area contributed by atoms with Crippen LogP contribution in [-0.2, 0) is 0 Å². The lowest BCUT2D eigenvalue weighted by Gasteiger charge is -2.09. The fraction of sp³-hybridized carbons (Fsp3) is 0.0667. The quantitative estimate of drug-likeness (QED) is 0.912. The van der Waals surface area contributed by atoms with Crippen molar-refractivity contribution in [3.8, 4) is 0 Å². The Hall–Kier alpha value is -2.76. The van der Waals surface area contributed by atoms with Crippen LogP contribution in [0.1, 0.15) is 26.3 Å². The molecule has 0 spiro atoms. The fourth-order valence-corrected chi connectivity index (χ4v) is 1.77. The van der Waals surface area contributed by atoms with E-state index in [1.807, 2.05) is 0 Å². The summed E-state index contributed by atoms with van der Waals surface area (Å²) in [6, 6.07) is 7.01. The second-order valence-corrected chi connectivity index (χ2v) is 4.42. The summed E-state index contributed by atoms with van der Waals surface area (Å²) in [5.41, 5.74) is 1.01. The summed E-state index contributed by atoms with van der Waals surface area (Å²) in [6.07, 6.45) is 0. The zero-order valence-electron chi connectivity index (χ0n) is 11.0. The number of carbonyl (C=O) groups is 2. The number of aromatic carboxylic acids is 1. The third-order valence-electron chi connectivity index (χ3n) is 2.90. The lowest BCUT2D eigenvalue weighted by molar-refractivity contribution is 0.0696. The van der Waals surface area contributed by atoms with Crippen LogP contribution >= 0.6 is 0 Å². The predicted octanol–water partition coefficient (Wildman–Crippen LogP) is 3.22. The molecule has 4 nitrogen and oxygen atoms in total. The Morgan fingerprint density at radius 1 is 1.00 bits per heavy atom. The van der Waals surface area contributed by atoms with Gasteiger partial charge in [0.2, 0.25) is 0 Å². The van der Waals surface area contributed by atoms with Gasteiger partial charge in [-0.3, -0.25) is 4.79 Å². The van der Waals surface area contributed by atoms with Crippen molar-refractivity contribution >= 4 is 17.6 Å². The molecule has 0 heterocycles. The molecule has 2 N–H and O–H groups in total. The summed E-state index contributed by atoms with van der Waals surface area (Å²) >= 11 is 0. The first-order valence-corrected chi connectivity index (χ1v) is 5.99. The Balaban J connectivity index is 2.23. The smallest absolute Gasteiger partial charge is 0.335 e. The Labute approximate surface area is 119 Å². The third kappa shape index (κ3) is 3.22. The highest BCUT2D eigenvalue weighted by atomic mass is 19.2. The molecular weight excluding hydrogens is 280 g/mol. The number of hydrogen-bond donors (Lipinski definition) is 2. The first-order chi connectivity index (χ1) is 9.88. The molecule has 2 aromatic carbocycles. The van der Waals surface area contributed by atoms with Crippen molar-refractivity contribution in [2.45, 2.75) is 6.92 Å². The monoisotopic (exact) mass is 291 g/mol. The molecule has 0 radical (unpaired) electrons. The maximum absolute atomic E-state index is 13.1. The van der Waals surface area contributed by atoms with Crippen molar-refractivity contribution in [3.05, 3.63) is 64.7 Å². The molecule has 2 aromatic rings. The highest BCUT2D eigenvalue weighted by Crippen LogP contribution is 2.18. The Bertz CT molecular complexity index is 729. The van der Waals surface area contributed by atoms with Gasteiger partial charge in [0.05, 0.1) is 5.56 Å². The molecule has 0 saturated heterocycles. The van der Waals surface area contributed by atoms with Crippen LogP contribution in [0.25, 0.3) is 0 Å². The highest BCUT2D eigenvalue weighted by Gasteiger charge is 2.12. The van der Waals surface area contributed by atoms with Gasteiger partial charge in [-0.2, -0.15) is 0 Å². The number of anilines is 1. The van der Waals surface area contributed by atoms with Crippen molar-refractivity contribution < 1.29 is 23.5 Å². The van der Waals surface area contributed by atoms with Crippen LogP contribution in [0.15, 0.2) is 36.4 Å². The number of halogens is 2. The van der Waals surface area contributed by atoms with E-state index in [0.717, 1.165) is 18.2 Å². The van der Waals surface area contributed by atoms with Crippen LogP contribution in [0, 0.1) is 18.6 Å². The molecule has 0 aliphatic carbocycles. The predicted molar refractivity (Wildman–Crippen MR) is 72.4 cm³/mol. The van der Waals surface area contributed by atoms with Gasteiger partial charge in [0.25, 0.3) is 5.91 Å². The van der Waals surface area contributed by atoms with E-state index in [0.29, 0.717) is 11.3 Å². The van der Waals surface area contributed by atoms with Crippen LogP contribution < -0.4 is 5.32 Å². The number of benzene rings is 2. The van der Waals surface area contributed by atoms with Crippen LogP contribution in [-0.4, -0.2) is 17.0 Å². The fourth-order valence-electron chi connectivity index (χ4n) is 1.77. The number of rotatable bonds is 3. The van der Waals surface area contributed by atoms with Gasteiger partial charge < -0.3 is 10.4 Å². The molecule has 2 rings (SSSR count). The molecule has 0 atom stereocenters. The SMILES string of the molecule is Cc1cc(C(=O)O)ccc1NC(=O)c1ccc(F)c(F)c1. The third-order valence-corrected chi connectivity index (χ3v) is 2.90. The Morgan fingerprint density at radius 3 is 2.24 bits per heavy atom. The van der Waals surface area contributed by atoms with Crippen molar-refractivity contribution in [2.24, 2.45) is 0 Å². The molecule has 0 aromatic heterocycles. The molecule has 1 amide bonds. The number of amides is 1. The second kappa shape index (κ2) is 5.70. The van der Waals surface area contributed by atoms with Gasteiger partial charge in [0.1, 0.15) is 0 Å². The van der Waals surface area contributed by atoms with Gasteiger partial charge in [0.15, 0.2) is 11.6 Å². The number of carboxylic acids is 1. The highest BCUT2D eigenvalue weighted by molar-refractivity contribution is 6.04. The van der Waals surface area contributed by atoms with E-state index in [1.54, 1.807) is 6.92 Å². The van der Waals surface area contributed by atoms with E-state index in [2.05, 4.69) is 5.32 Å². The molecule has 0 bridgehead atoms. The first kappa shape index (κ1) is 14.6. The van der Waals surface area contributed by atoms with Crippen LogP contribution in [0.4, 0.5) is 14.5 Å². The Kier molecular flexibility index (Phi) is 3.98. The molecular formula is C15H11F2NO3. The number of carboxylic acid groups (broad SMARTS) is 1. The molecule has 6 heteroatoms. The molecule has 108 valence electrons. The molecule has 21 heavy (non-hydrogen) atoms. The molecule has 0 fully saturated rings. The van der Waals surface area contributed by atoms with E-state index < -0.39 is 23.5 Å². The second-order valence-electron chi connectivity index (χ2n) is 4.42. The van der Waals surface area contributed by atoms with Gasteiger partial charge >= 0.3 is 5.97 Å². The number of nitrogens with one attached hydrogen (secondary N) is 1. The number of aryl methyl sites for hydroxylation is 1. The normalized spacial score (nSPS) is 10.2. The minimum Gasteiger partial charge on any atom is -0.478 e. The molecule has 0 aliphatic rings. The Morgan fingerprint density at radius 2 is 1.67 bits per heavy atom. The number of hydrogen-bond acceptors (Lipinski definition) is 2. The van der Waals surface area contributed by atoms with Gasteiger partial charge in [-0.15, -0.1) is 0 Å². The summed E-state index contributed by atoms with van der Waals surface area (Å²) in [5, 5.41) is 11.4. The summed E-state index contributed by atoms with van der Waals surface area (Å²) in [7, 11) is 0. The van der Waals surface area contributed by atoms with Crippen molar-refractivity contribution in [1.82, 2.24) is 0 Å². The summed E-state index contributed by atoms with van der Waals surface area (Å²) < 4.78 is 25.9. The van der Waals surface area contributed by atoms with E-state index in [-0.39, 0.29) is 11.1 Å². The maximum Gasteiger partial charge on any atom is 0.335 e. The summed E-state index contributed by atoms with van der Waals surface area (Å²) in [6.45, 7) is 1.63. The summed E-state index contributed by atoms with van der Waals surface area (Å²) in [5.74, 6) is -3.83. The average molecular weight is 291 g/mol. The van der Waals surface area contributed by atoms with Gasteiger partial charge in [-0.05, 0) is 48.9 Å². The van der Waals surface area contributed by atoms with Crippen LogP contribution in [0.5, 0.6) is 0 Å². The topological polar surface area (TPSA) is 66.4 Å². The molecule has 0 saturated carbocycles. The first-order valence-electron chi connectivity index (χ1n) is 5.99. The maximum atomic E-state index is 13.1. The lowest BCUT2D eigenvalue weighted by atomic mass is 10.1. The zero-order chi connectivity index (χ0) is 15.6. The molecule has 0 unspecified atom stereocenters. The minimum atomic E-state index is -1.11.